The van der Waals surface area contributed by atoms with E-state index in [-0.39, 0.29) is 29.2 Å². The van der Waals surface area contributed by atoms with E-state index in [4.69, 9.17) is 4.74 Å². The van der Waals surface area contributed by atoms with Gasteiger partial charge in [-0.05, 0) is 43.2 Å². The van der Waals surface area contributed by atoms with Crippen LogP contribution in [-0.4, -0.2) is 70.9 Å². The van der Waals surface area contributed by atoms with Gasteiger partial charge in [0.05, 0.1) is 23.9 Å². The molecule has 0 saturated carbocycles. The van der Waals surface area contributed by atoms with Crippen molar-refractivity contribution in [3.8, 4) is 11.4 Å². The van der Waals surface area contributed by atoms with E-state index in [0.29, 0.717) is 24.6 Å². The Morgan fingerprint density at radius 1 is 1.15 bits per heavy atom. The molecule has 0 N–H and O–H groups in total. The zero-order chi connectivity index (χ0) is 24.1. The van der Waals surface area contributed by atoms with E-state index < -0.39 is 9.84 Å². The van der Waals surface area contributed by atoms with Gasteiger partial charge in [-0.3, -0.25) is 9.36 Å². The van der Waals surface area contributed by atoms with E-state index in [1.807, 2.05) is 66.1 Å². The van der Waals surface area contributed by atoms with Gasteiger partial charge in [0.15, 0.2) is 15.0 Å². The van der Waals surface area contributed by atoms with Crippen molar-refractivity contribution in [2.24, 2.45) is 0 Å². The summed E-state index contributed by atoms with van der Waals surface area (Å²) < 4.78 is 31.1. The second kappa shape index (κ2) is 10.6. The summed E-state index contributed by atoms with van der Waals surface area (Å²) in [6.45, 7) is 2.53. The van der Waals surface area contributed by atoms with Gasteiger partial charge >= 0.3 is 0 Å². The van der Waals surface area contributed by atoms with E-state index in [9.17, 15) is 13.2 Å². The number of nitrogens with zero attached hydrogens (tertiary/aromatic N) is 4. The van der Waals surface area contributed by atoms with Crippen LogP contribution in [0.3, 0.4) is 0 Å². The molecule has 4 rings (SSSR count). The lowest BCUT2D eigenvalue weighted by molar-refractivity contribution is -0.128. The molecule has 34 heavy (non-hydrogen) atoms. The number of benzene rings is 2. The quantitative estimate of drug-likeness (QED) is 0.417. The van der Waals surface area contributed by atoms with Gasteiger partial charge in [0.2, 0.25) is 5.91 Å². The van der Waals surface area contributed by atoms with Crippen molar-refractivity contribution in [3.63, 3.8) is 0 Å². The molecule has 10 heteroatoms. The average molecular weight is 501 g/mol. The highest BCUT2D eigenvalue weighted by Crippen LogP contribution is 2.26. The molecule has 1 amide bonds. The zero-order valence-corrected chi connectivity index (χ0v) is 20.9. The fourth-order valence-electron chi connectivity index (χ4n) is 3.92. The maximum Gasteiger partial charge on any atom is 0.233 e. The number of aromatic nitrogens is 3. The van der Waals surface area contributed by atoms with Crippen molar-refractivity contribution in [1.82, 2.24) is 19.7 Å². The normalized spacial score (nSPS) is 16.9. The summed E-state index contributed by atoms with van der Waals surface area (Å²) >= 11 is 1.30. The summed E-state index contributed by atoms with van der Waals surface area (Å²) in [5.41, 5.74) is 1.99. The summed E-state index contributed by atoms with van der Waals surface area (Å²) in [5, 5.41) is 9.41. The second-order valence-electron chi connectivity index (χ2n) is 8.17. The largest absolute Gasteiger partial charge is 0.494 e. The fourth-order valence-corrected chi connectivity index (χ4v) is 6.59. The van der Waals surface area contributed by atoms with Gasteiger partial charge in [-0.1, -0.05) is 42.1 Å². The Kier molecular flexibility index (Phi) is 7.57. The Morgan fingerprint density at radius 3 is 2.53 bits per heavy atom. The maximum atomic E-state index is 12.8. The van der Waals surface area contributed by atoms with Crippen molar-refractivity contribution >= 4 is 27.5 Å². The molecule has 2 heterocycles. The highest BCUT2D eigenvalue weighted by molar-refractivity contribution is 7.99. The van der Waals surface area contributed by atoms with Gasteiger partial charge in [-0.2, -0.15) is 0 Å². The monoisotopic (exact) mass is 500 g/mol. The van der Waals surface area contributed by atoms with Gasteiger partial charge in [-0.25, -0.2) is 8.42 Å². The molecule has 1 fully saturated rings. The van der Waals surface area contributed by atoms with E-state index in [0.717, 1.165) is 22.8 Å². The molecule has 1 atom stereocenters. The van der Waals surface area contributed by atoms with E-state index in [2.05, 4.69) is 10.2 Å². The van der Waals surface area contributed by atoms with E-state index >= 15 is 0 Å². The van der Waals surface area contributed by atoms with Gasteiger partial charge in [0, 0.05) is 25.2 Å². The van der Waals surface area contributed by atoms with Crippen molar-refractivity contribution < 1.29 is 17.9 Å². The maximum absolute atomic E-state index is 12.8. The second-order valence-corrected chi connectivity index (χ2v) is 11.3. The highest BCUT2D eigenvalue weighted by atomic mass is 32.2. The number of hydrogen-bond acceptors (Lipinski definition) is 7. The lowest BCUT2D eigenvalue weighted by atomic mass is 10.1. The molecule has 8 nitrogen and oxygen atoms in total. The molecule has 1 aromatic heterocycles. The van der Waals surface area contributed by atoms with Crippen LogP contribution < -0.4 is 4.74 Å². The average Bonchev–Trinajstić information content (AvgIpc) is 3.40. The summed E-state index contributed by atoms with van der Waals surface area (Å²) in [4.78, 5) is 14.4. The summed E-state index contributed by atoms with van der Waals surface area (Å²) in [6, 6.07) is 17.5. The first-order valence-corrected chi connectivity index (χ1v) is 14.0. The molecule has 0 radical (unpaired) electrons. The topological polar surface area (TPSA) is 94.4 Å². The molecular formula is C24H28N4O4S2. The van der Waals surface area contributed by atoms with Crippen LogP contribution in [0.5, 0.6) is 5.75 Å². The van der Waals surface area contributed by atoms with E-state index in [1.165, 1.54) is 11.8 Å². The van der Waals surface area contributed by atoms with Crippen LogP contribution in [0.4, 0.5) is 0 Å². The fraction of sp³-hybridized carbons (Fsp3) is 0.375. The summed E-state index contributed by atoms with van der Waals surface area (Å²) in [7, 11) is -1.38. The smallest absolute Gasteiger partial charge is 0.233 e. The first kappa shape index (κ1) is 24.3. The number of carbonyl (C=O) groups is 1. The SMILES string of the molecule is CCOc1ccc(-n2c(Cc3ccccc3)nnc2SCC(=O)N(C)C2CCS(=O)(=O)C2)cc1. The van der Waals surface area contributed by atoms with Gasteiger partial charge in [0.1, 0.15) is 11.6 Å². The molecule has 1 aliphatic heterocycles. The van der Waals surface area contributed by atoms with Gasteiger partial charge in [-0.15, -0.1) is 10.2 Å². The Bertz CT molecular complexity index is 1230. The Balaban J connectivity index is 1.54. The van der Waals surface area contributed by atoms with E-state index in [1.54, 1.807) is 11.9 Å². The standard InChI is InChI=1S/C24H28N4O4S2/c1-3-32-21-11-9-19(10-12-21)28-22(15-18-7-5-4-6-8-18)25-26-24(28)33-16-23(29)27(2)20-13-14-34(30,31)17-20/h4-12,20H,3,13-17H2,1-2H3. The molecule has 180 valence electrons. The predicted octanol–water partition coefficient (Wildman–Crippen LogP) is 2.99. The first-order valence-electron chi connectivity index (χ1n) is 11.2. The van der Waals surface area contributed by atoms with Crippen LogP contribution in [0.15, 0.2) is 59.8 Å². The lowest BCUT2D eigenvalue weighted by Gasteiger charge is -2.23. The lowest BCUT2D eigenvalue weighted by Crippen LogP contribution is -2.38. The highest BCUT2D eigenvalue weighted by Gasteiger charge is 2.32. The van der Waals surface area contributed by atoms with Crippen LogP contribution in [-0.2, 0) is 21.1 Å². The third-order valence-corrected chi connectivity index (χ3v) is 8.45. The Morgan fingerprint density at radius 2 is 1.88 bits per heavy atom. The third kappa shape index (κ3) is 5.79. The molecule has 3 aromatic rings. The molecular weight excluding hydrogens is 472 g/mol. The minimum Gasteiger partial charge on any atom is -0.494 e. The summed E-state index contributed by atoms with van der Waals surface area (Å²) in [6.07, 6.45) is 1.08. The number of thioether (sulfide) groups is 1. The minimum absolute atomic E-state index is 0.0312. The number of sulfone groups is 1. The van der Waals surface area contributed by atoms with Gasteiger partial charge < -0.3 is 9.64 Å². The van der Waals surface area contributed by atoms with Crippen molar-refractivity contribution in [2.75, 3.05) is 30.9 Å². The third-order valence-electron chi connectivity index (χ3n) is 5.79. The molecule has 0 spiro atoms. The number of ether oxygens (including phenoxy) is 1. The van der Waals surface area contributed by atoms with Crippen LogP contribution in [0, 0.1) is 0 Å². The van der Waals surface area contributed by atoms with Gasteiger partial charge in [0.25, 0.3) is 0 Å². The van der Waals surface area contributed by atoms with Crippen molar-refractivity contribution in [3.05, 3.63) is 66.0 Å². The number of amides is 1. The molecule has 2 aromatic carbocycles. The van der Waals surface area contributed by atoms with Crippen LogP contribution in [0.2, 0.25) is 0 Å². The van der Waals surface area contributed by atoms with Crippen molar-refractivity contribution in [1.29, 1.82) is 0 Å². The molecule has 1 aliphatic rings. The van der Waals surface area contributed by atoms with Crippen molar-refractivity contribution in [2.45, 2.75) is 31.0 Å². The molecule has 1 saturated heterocycles. The number of carbonyl (C=O) groups excluding carboxylic acids is 1. The summed E-state index contributed by atoms with van der Waals surface area (Å²) in [5.74, 6) is 1.73. The molecule has 1 unspecified atom stereocenters. The Hall–Kier alpha value is -2.85. The number of rotatable bonds is 9. The van der Waals surface area contributed by atoms with Crippen LogP contribution in [0.25, 0.3) is 5.69 Å². The zero-order valence-electron chi connectivity index (χ0n) is 19.3. The molecule has 0 bridgehead atoms. The predicted molar refractivity (Wildman–Crippen MR) is 132 cm³/mol. The minimum atomic E-state index is -3.06. The van der Waals surface area contributed by atoms with Crippen LogP contribution in [0.1, 0.15) is 24.7 Å². The number of hydrogen-bond donors (Lipinski definition) is 0. The molecule has 0 aliphatic carbocycles. The Labute approximate surface area is 204 Å². The van der Waals surface area contributed by atoms with Crippen LogP contribution >= 0.6 is 11.8 Å². The first-order chi connectivity index (χ1) is 16.4.